The Morgan fingerprint density at radius 3 is 1.43 bits per heavy atom. The van der Waals surface area contributed by atoms with Crippen LogP contribution in [0.4, 0.5) is 0 Å². The maximum Gasteiger partial charge on any atom is 0.320 e. The molecular formula is C16H30O4S. The summed E-state index contributed by atoms with van der Waals surface area (Å²) in [5, 5.41) is 0. The van der Waals surface area contributed by atoms with Gasteiger partial charge in [-0.1, -0.05) is 65.2 Å². The molecule has 0 spiro atoms. The lowest BCUT2D eigenvalue weighted by molar-refractivity contribution is -0.136. The molecule has 0 heterocycles. The van der Waals surface area contributed by atoms with E-state index >= 15 is 0 Å². The predicted molar refractivity (Wildman–Crippen MR) is 86.5 cm³/mol. The maximum absolute atomic E-state index is 11.4. The van der Waals surface area contributed by atoms with Gasteiger partial charge in [0, 0.05) is 12.8 Å². The molecule has 0 radical (unpaired) electrons. The van der Waals surface area contributed by atoms with Crippen LogP contribution < -0.4 is 0 Å². The van der Waals surface area contributed by atoms with Gasteiger partial charge in [0.1, 0.15) is 0 Å². The Bertz CT molecular complexity index is 243. The fraction of sp³-hybridized carbons (Fsp3) is 0.875. The molecule has 0 bridgehead atoms. The van der Waals surface area contributed by atoms with Crippen LogP contribution in [0, 0.1) is 0 Å². The largest absolute Gasteiger partial charge is 0.355 e. The molecule has 0 atom stereocenters. The smallest absolute Gasteiger partial charge is 0.320 e. The first kappa shape index (κ1) is 20.3. The number of carbonyl (C=O) groups excluding carboxylic acids is 2. The summed E-state index contributed by atoms with van der Waals surface area (Å²) in [6, 6.07) is 0. The zero-order chi connectivity index (χ0) is 15.8. The summed E-state index contributed by atoms with van der Waals surface area (Å²) in [6.45, 7) is 4.31. The van der Waals surface area contributed by atoms with E-state index in [1.54, 1.807) is 0 Å². The van der Waals surface area contributed by atoms with E-state index in [-0.39, 0.29) is 11.9 Å². The summed E-state index contributed by atoms with van der Waals surface area (Å²) in [5.74, 6) is -0.625. The molecular weight excluding hydrogens is 288 g/mol. The Kier molecular flexibility index (Phi) is 15.1. The van der Waals surface area contributed by atoms with E-state index in [1.807, 2.05) is 0 Å². The highest BCUT2D eigenvalue weighted by molar-refractivity contribution is 7.90. The van der Waals surface area contributed by atoms with Gasteiger partial charge in [0.05, 0.1) is 0 Å². The standard InChI is InChI=1S/C16H30O4S/c1-3-5-7-9-11-13-15(17)19-21-20-16(18)14-12-10-8-6-4-2/h3-14H2,1-2H3. The first-order valence-electron chi connectivity index (χ1n) is 8.27. The van der Waals surface area contributed by atoms with E-state index in [1.165, 1.54) is 25.7 Å². The van der Waals surface area contributed by atoms with Crippen LogP contribution in [0.25, 0.3) is 0 Å². The monoisotopic (exact) mass is 318 g/mol. The Labute approximate surface area is 133 Å². The third-order valence-corrected chi connectivity index (χ3v) is 3.73. The van der Waals surface area contributed by atoms with Gasteiger partial charge in [-0.15, -0.1) is 0 Å². The van der Waals surface area contributed by atoms with Crippen LogP contribution in [-0.4, -0.2) is 11.9 Å². The van der Waals surface area contributed by atoms with Crippen LogP contribution in [0.2, 0.25) is 0 Å². The van der Waals surface area contributed by atoms with Crippen molar-refractivity contribution < 1.29 is 18.0 Å². The van der Waals surface area contributed by atoms with Crippen molar-refractivity contribution in [2.24, 2.45) is 0 Å². The predicted octanol–water partition coefficient (Wildman–Crippen LogP) is 5.36. The molecule has 0 aromatic heterocycles. The number of unbranched alkanes of at least 4 members (excludes halogenated alkanes) is 8. The van der Waals surface area contributed by atoms with Gasteiger partial charge in [0.25, 0.3) is 12.3 Å². The number of carbonyl (C=O) groups is 2. The molecule has 0 N–H and O–H groups in total. The Morgan fingerprint density at radius 2 is 1.05 bits per heavy atom. The molecule has 0 fully saturated rings. The van der Waals surface area contributed by atoms with Gasteiger partial charge in [-0.05, 0) is 12.8 Å². The molecule has 0 amide bonds. The van der Waals surface area contributed by atoms with Crippen molar-refractivity contribution in [3.63, 3.8) is 0 Å². The average Bonchev–Trinajstić information content (AvgIpc) is 2.47. The second-order valence-electron chi connectivity index (χ2n) is 5.31. The molecule has 0 saturated heterocycles. The van der Waals surface area contributed by atoms with Gasteiger partial charge in [-0.2, -0.15) is 0 Å². The van der Waals surface area contributed by atoms with Gasteiger partial charge in [0.15, 0.2) is 0 Å². The number of rotatable bonds is 14. The molecule has 0 aliphatic carbocycles. The van der Waals surface area contributed by atoms with Crippen molar-refractivity contribution in [3.8, 4) is 0 Å². The molecule has 21 heavy (non-hydrogen) atoms. The molecule has 0 saturated carbocycles. The lowest BCUT2D eigenvalue weighted by Crippen LogP contribution is -2.03. The fourth-order valence-electron chi connectivity index (χ4n) is 1.92. The Morgan fingerprint density at radius 1 is 0.667 bits per heavy atom. The van der Waals surface area contributed by atoms with Gasteiger partial charge >= 0.3 is 11.9 Å². The third-order valence-electron chi connectivity index (χ3n) is 3.22. The quantitative estimate of drug-likeness (QED) is 0.319. The van der Waals surface area contributed by atoms with Crippen molar-refractivity contribution in [3.05, 3.63) is 0 Å². The molecule has 5 heteroatoms. The molecule has 124 valence electrons. The first-order valence-corrected chi connectivity index (χ1v) is 8.94. The van der Waals surface area contributed by atoms with E-state index in [2.05, 4.69) is 13.8 Å². The second-order valence-corrected chi connectivity index (χ2v) is 5.78. The Balaban J connectivity index is 3.34. The third kappa shape index (κ3) is 15.5. The van der Waals surface area contributed by atoms with Crippen LogP contribution in [0.1, 0.15) is 90.9 Å². The van der Waals surface area contributed by atoms with Crippen molar-refractivity contribution in [2.45, 2.75) is 90.9 Å². The summed E-state index contributed by atoms with van der Waals surface area (Å²) in [6.07, 6.45) is 11.7. The zero-order valence-corrected chi connectivity index (χ0v) is 14.3. The molecule has 0 rings (SSSR count). The van der Waals surface area contributed by atoms with Gasteiger partial charge in [-0.25, -0.2) is 0 Å². The summed E-state index contributed by atoms with van der Waals surface area (Å²) < 4.78 is 9.60. The minimum atomic E-state index is -0.313. The molecule has 0 unspecified atom stereocenters. The highest BCUT2D eigenvalue weighted by Crippen LogP contribution is 2.13. The van der Waals surface area contributed by atoms with Crippen LogP contribution >= 0.6 is 12.3 Å². The normalized spacial score (nSPS) is 10.4. The van der Waals surface area contributed by atoms with Crippen molar-refractivity contribution in [1.82, 2.24) is 0 Å². The van der Waals surface area contributed by atoms with Crippen LogP contribution in [-0.2, 0) is 18.0 Å². The van der Waals surface area contributed by atoms with Gasteiger partial charge in [0.2, 0.25) is 0 Å². The van der Waals surface area contributed by atoms with Crippen molar-refractivity contribution in [2.75, 3.05) is 0 Å². The number of hydrogen-bond acceptors (Lipinski definition) is 5. The second kappa shape index (κ2) is 15.7. The minimum absolute atomic E-state index is 0.313. The molecule has 0 aliphatic rings. The molecule has 0 aliphatic heterocycles. The SMILES string of the molecule is CCCCCCCC(=O)OSOC(=O)CCCCCCC. The molecule has 0 aromatic rings. The van der Waals surface area contributed by atoms with Crippen molar-refractivity contribution in [1.29, 1.82) is 0 Å². The highest BCUT2D eigenvalue weighted by atomic mass is 32.2. The highest BCUT2D eigenvalue weighted by Gasteiger charge is 2.08. The van der Waals surface area contributed by atoms with Crippen LogP contribution in [0.3, 0.4) is 0 Å². The summed E-state index contributed by atoms with van der Waals surface area (Å²) in [4.78, 5) is 22.7. The Hall–Kier alpha value is -0.710. The number of hydrogen-bond donors (Lipinski definition) is 0. The maximum atomic E-state index is 11.4. The van der Waals surface area contributed by atoms with Crippen LogP contribution in [0.5, 0.6) is 0 Å². The van der Waals surface area contributed by atoms with E-state index < -0.39 is 0 Å². The fourth-order valence-corrected chi connectivity index (χ4v) is 2.27. The zero-order valence-electron chi connectivity index (χ0n) is 13.5. The summed E-state index contributed by atoms with van der Waals surface area (Å²) >= 11 is 0.507. The summed E-state index contributed by atoms with van der Waals surface area (Å²) in [7, 11) is 0. The average molecular weight is 318 g/mol. The molecule has 4 nitrogen and oxygen atoms in total. The van der Waals surface area contributed by atoms with E-state index in [9.17, 15) is 9.59 Å². The van der Waals surface area contributed by atoms with E-state index in [4.69, 9.17) is 8.37 Å². The molecule has 0 aromatic carbocycles. The minimum Gasteiger partial charge on any atom is -0.355 e. The van der Waals surface area contributed by atoms with Crippen molar-refractivity contribution >= 4 is 24.3 Å². The van der Waals surface area contributed by atoms with Gasteiger partial charge < -0.3 is 8.37 Å². The van der Waals surface area contributed by atoms with E-state index in [0.717, 1.165) is 38.5 Å². The summed E-state index contributed by atoms with van der Waals surface area (Å²) in [5.41, 5.74) is 0. The van der Waals surface area contributed by atoms with E-state index in [0.29, 0.717) is 25.2 Å². The first-order chi connectivity index (χ1) is 10.2. The van der Waals surface area contributed by atoms with Gasteiger partial charge in [-0.3, -0.25) is 9.59 Å². The lowest BCUT2D eigenvalue weighted by Gasteiger charge is -2.03. The topological polar surface area (TPSA) is 52.6 Å². The van der Waals surface area contributed by atoms with Crippen LogP contribution in [0.15, 0.2) is 0 Å². The lowest BCUT2D eigenvalue weighted by atomic mass is 10.1.